The van der Waals surface area contributed by atoms with Gasteiger partial charge in [-0.3, -0.25) is 9.59 Å². The second-order valence-corrected chi connectivity index (χ2v) is 13.7. The standard InChI is InChI=1S/C31H44BNO6/c1-8-29(6)16-24(30(7)18(2)11-13-31(19(3)27(29)36)14-12-23(34)26(30)31)38-25(35)17-33-20-9-10-21-22(15-20)32(37)39-28(21,4)5/h8-10,15,18-19,24,26-27,33,36-37H,1,11-14,16-17H2,2-7H3/t18-,19+,24-,26+,27+,29-,30+,31+/m1/s1. The molecule has 4 aliphatic rings. The molecule has 0 unspecified atom stereocenters. The third-order valence-electron chi connectivity index (χ3n) is 11.4. The second-order valence-electron chi connectivity index (χ2n) is 13.7. The van der Waals surface area contributed by atoms with Gasteiger partial charge in [-0.25, -0.2) is 0 Å². The minimum atomic E-state index is -1.01. The predicted molar refractivity (Wildman–Crippen MR) is 151 cm³/mol. The van der Waals surface area contributed by atoms with Crippen molar-refractivity contribution in [1.82, 2.24) is 0 Å². The molecule has 1 aromatic carbocycles. The SMILES string of the molecule is C=C[C@]1(C)C[C@@H](OC(=O)CNc2ccc3c(c2)B(O)OC3(C)C)[C@]2(C)[C@H](C)CC[C@]3(CCC(=O)[C@H]32)[C@@H](C)[C@@H]1O. The zero-order valence-corrected chi connectivity index (χ0v) is 24.3. The largest absolute Gasteiger partial charge is 0.492 e. The van der Waals surface area contributed by atoms with Gasteiger partial charge in [0.25, 0.3) is 0 Å². The number of benzene rings is 1. The first kappa shape index (κ1) is 28.4. The zero-order valence-electron chi connectivity index (χ0n) is 24.3. The van der Waals surface area contributed by atoms with Crippen LogP contribution in [-0.2, 0) is 24.6 Å². The number of nitrogens with one attached hydrogen (secondary N) is 1. The van der Waals surface area contributed by atoms with E-state index in [1.54, 1.807) is 6.07 Å². The molecule has 0 amide bonds. The number of carbonyl (C=O) groups excluding carboxylic acids is 2. The molecular weight excluding hydrogens is 493 g/mol. The van der Waals surface area contributed by atoms with Gasteiger partial charge in [0.15, 0.2) is 0 Å². The molecule has 1 aliphatic heterocycles. The number of anilines is 1. The maximum atomic E-state index is 13.5. The van der Waals surface area contributed by atoms with E-state index >= 15 is 0 Å². The molecular formula is C31H44BNO6. The molecule has 0 spiro atoms. The quantitative estimate of drug-likeness (QED) is 0.297. The van der Waals surface area contributed by atoms with E-state index in [2.05, 4.69) is 32.7 Å². The summed E-state index contributed by atoms with van der Waals surface area (Å²) in [5, 5.41) is 25.1. The zero-order chi connectivity index (χ0) is 28.5. The molecule has 39 heavy (non-hydrogen) atoms. The molecule has 2 bridgehead atoms. The fourth-order valence-corrected chi connectivity index (χ4v) is 8.71. The average molecular weight is 538 g/mol. The van der Waals surface area contributed by atoms with Gasteiger partial charge in [-0.1, -0.05) is 39.8 Å². The molecule has 8 heteroatoms. The summed E-state index contributed by atoms with van der Waals surface area (Å²) in [4.78, 5) is 26.9. The lowest BCUT2D eigenvalue weighted by atomic mass is 9.44. The molecule has 212 valence electrons. The monoisotopic (exact) mass is 537 g/mol. The molecule has 5 rings (SSSR count). The van der Waals surface area contributed by atoms with Crippen LogP contribution in [-0.4, -0.2) is 47.8 Å². The number of aliphatic hydroxyl groups is 1. The number of hydrogen-bond acceptors (Lipinski definition) is 7. The lowest BCUT2D eigenvalue weighted by Gasteiger charge is -2.61. The van der Waals surface area contributed by atoms with Crippen LogP contribution in [0.5, 0.6) is 0 Å². The maximum Gasteiger partial charge on any atom is 0.492 e. The molecule has 0 aromatic heterocycles. The van der Waals surface area contributed by atoms with Crippen molar-refractivity contribution in [2.24, 2.45) is 34.0 Å². The average Bonchev–Trinajstić information content (AvgIpc) is 3.36. The van der Waals surface area contributed by atoms with Crippen molar-refractivity contribution in [1.29, 1.82) is 0 Å². The van der Waals surface area contributed by atoms with E-state index in [4.69, 9.17) is 9.39 Å². The van der Waals surface area contributed by atoms with Crippen LogP contribution < -0.4 is 10.8 Å². The van der Waals surface area contributed by atoms with E-state index in [1.165, 1.54) is 0 Å². The molecule has 0 radical (unpaired) electrons. The van der Waals surface area contributed by atoms with Gasteiger partial charge in [0.05, 0.1) is 11.7 Å². The Hall–Kier alpha value is -2.16. The first-order valence-electron chi connectivity index (χ1n) is 14.5. The summed E-state index contributed by atoms with van der Waals surface area (Å²) in [7, 11) is -1.01. The summed E-state index contributed by atoms with van der Waals surface area (Å²) in [6.45, 7) is 16.3. The maximum absolute atomic E-state index is 13.5. The Morgan fingerprint density at radius 2 is 1.97 bits per heavy atom. The van der Waals surface area contributed by atoms with Gasteiger partial charge in [-0.15, -0.1) is 6.58 Å². The molecule has 1 heterocycles. The molecule has 3 fully saturated rings. The molecule has 1 aromatic rings. The fourth-order valence-electron chi connectivity index (χ4n) is 8.71. The summed E-state index contributed by atoms with van der Waals surface area (Å²) in [5.41, 5.74) is 0.200. The number of carbonyl (C=O) groups is 2. The molecule has 0 saturated heterocycles. The molecule has 3 aliphatic carbocycles. The summed E-state index contributed by atoms with van der Waals surface area (Å²) >= 11 is 0. The predicted octanol–water partition coefficient (Wildman–Crippen LogP) is 3.96. The van der Waals surface area contributed by atoms with Crippen LogP contribution in [0.2, 0.25) is 0 Å². The highest BCUT2D eigenvalue weighted by molar-refractivity contribution is 6.62. The van der Waals surface area contributed by atoms with Crippen molar-refractivity contribution in [2.75, 3.05) is 11.9 Å². The number of ketones is 1. The van der Waals surface area contributed by atoms with Crippen molar-refractivity contribution in [3.63, 3.8) is 0 Å². The molecule has 8 atom stereocenters. The van der Waals surface area contributed by atoms with Gasteiger partial charge < -0.3 is 24.8 Å². The van der Waals surface area contributed by atoms with E-state index in [1.807, 2.05) is 39.0 Å². The van der Waals surface area contributed by atoms with Gasteiger partial charge in [0, 0.05) is 28.9 Å². The minimum Gasteiger partial charge on any atom is -0.460 e. The van der Waals surface area contributed by atoms with Crippen molar-refractivity contribution < 1.29 is 29.1 Å². The Bertz CT molecular complexity index is 1190. The first-order valence-corrected chi connectivity index (χ1v) is 14.5. The van der Waals surface area contributed by atoms with Crippen LogP contribution in [0.4, 0.5) is 5.69 Å². The van der Waals surface area contributed by atoms with Crippen LogP contribution >= 0.6 is 0 Å². The number of aliphatic hydroxyl groups excluding tert-OH is 1. The summed E-state index contributed by atoms with van der Waals surface area (Å²) in [5.74, 6) is -0.304. The van der Waals surface area contributed by atoms with Gasteiger partial charge in [0.1, 0.15) is 18.4 Å². The number of Topliss-reactive ketones (excluding diaryl/α,β-unsaturated/α-hetero) is 1. The van der Waals surface area contributed by atoms with E-state index in [-0.39, 0.29) is 35.5 Å². The van der Waals surface area contributed by atoms with E-state index in [9.17, 15) is 19.7 Å². The van der Waals surface area contributed by atoms with E-state index < -0.39 is 41.7 Å². The van der Waals surface area contributed by atoms with Crippen molar-refractivity contribution in [3.05, 3.63) is 36.4 Å². The van der Waals surface area contributed by atoms with Gasteiger partial charge >= 0.3 is 13.1 Å². The molecule has 7 nitrogen and oxygen atoms in total. The Morgan fingerprint density at radius 1 is 1.26 bits per heavy atom. The Balaban J connectivity index is 1.42. The number of esters is 1. The number of hydrogen-bond donors (Lipinski definition) is 3. The summed E-state index contributed by atoms with van der Waals surface area (Å²) < 4.78 is 12.0. The molecule has 3 saturated carbocycles. The van der Waals surface area contributed by atoms with Crippen molar-refractivity contribution in [2.45, 2.75) is 91.5 Å². The van der Waals surface area contributed by atoms with Crippen molar-refractivity contribution in [3.8, 4) is 0 Å². The third-order valence-corrected chi connectivity index (χ3v) is 11.4. The lowest BCUT2D eigenvalue weighted by Crippen LogP contribution is -2.63. The lowest BCUT2D eigenvalue weighted by molar-refractivity contribution is -0.205. The highest BCUT2D eigenvalue weighted by Crippen LogP contribution is 2.68. The highest BCUT2D eigenvalue weighted by Gasteiger charge is 2.68. The van der Waals surface area contributed by atoms with E-state index in [0.717, 1.165) is 24.8 Å². The first-order chi connectivity index (χ1) is 18.2. The second kappa shape index (κ2) is 9.46. The number of fused-ring (bicyclic) bond motifs is 1. The normalized spacial score (nSPS) is 40.8. The van der Waals surface area contributed by atoms with Crippen LogP contribution in [0.25, 0.3) is 0 Å². The number of rotatable bonds is 5. The van der Waals surface area contributed by atoms with E-state index in [0.29, 0.717) is 24.0 Å². The van der Waals surface area contributed by atoms with Gasteiger partial charge in [-0.05, 0) is 79.9 Å². The fraction of sp³-hybridized carbons (Fsp3) is 0.677. The Morgan fingerprint density at radius 3 is 2.67 bits per heavy atom. The van der Waals surface area contributed by atoms with Crippen molar-refractivity contribution >= 4 is 30.0 Å². The number of ether oxygens (including phenoxy) is 1. The van der Waals surface area contributed by atoms with Crippen LogP contribution in [0, 0.1) is 34.0 Å². The van der Waals surface area contributed by atoms with Gasteiger partial charge in [-0.2, -0.15) is 0 Å². The Kier molecular flexibility index (Phi) is 6.88. The minimum absolute atomic E-state index is 0.0619. The third kappa shape index (κ3) is 4.20. The molecule has 3 N–H and O–H groups in total. The van der Waals surface area contributed by atoms with Crippen LogP contribution in [0.15, 0.2) is 30.9 Å². The Labute approximate surface area is 232 Å². The summed E-state index contributed by atoms with van der Waals surface area (Å²) in [6.07, 6.45) is 4.11. The highest BCUT2D eigenvalue weighted by atomic mass is 16.5. The summed E-state index contributed by atoms with van der Waals surface area (Å²) in [6, 6.07) is 5.58. The topological polar surface area (TPSA) is 105 Å². The smallest absolute Gasteiger partial charge is 0.460 e. The van der Waals surface area contributed by atoms with Gasteiger partial charge in [0.2, 0.25) is 0 Å². The van der Waals surface area contributed by atoms with Crippen LogP contribution in [0.1, 0.15) is 79.2 Å². The van der Waals surface area contributed by atoms with Crippen LogP contribution in [0.3, 0.4) is 0 Å².